The first-order valence-corrected chi connectivity index (χ1v) is 13.0. The molecule has 0 aliphatic rings. The van der Waals surface area contributed by atoms with Crippen molar-refractivity contribution in [3.8, 4) is 12.3 Å². The molecule has 4 N–H and O–H groups in total. The summed E-state index contributed by atoms with van der Waals surface area (Å²) in [5, 5.41) is 25.4. The second kappa shape index (κ2) is 14.2. The summed E-state index contributed by atoms with van der Waals surface area (Å²) >= 11 is 0. The van der Waals surface area contributed by atoms with Crippen LogP contribution >= 0.6 is 0 Å². The molecule has 1 aromatic rings. The van der Waals surface area contributed by atoms with Crippen LogP contribution in [-0.2, 0) is 26.8 Å². The first kappa shape index (κ1) is 29.8. The molecule has 190 valence electrons. The van der Waals surface area contributed by atoms with Crippen molar-refractivity contribution in [3.63, 3.8) is 0 Å². The molecule has 0 heterocycles. The quantitative estimate of drug-likeness (QED) is 0.313. The molecule has 3 unspecified atom stereocenters. The first-order valence-electron chi connectivity index (χ1n) is 11.6. The van der Waals surface area contributed by atoms with Crippen LogP contribution in [0.15, 0.2) is 30.3 Å². The van der Waals surface area contributed by atoms with Gasteiger partial charge in [-0.1, -0.05) is 44.2 Å². The minimum Gasteiger partial charge on any atom is -0.390 e. The topological polar surface area (TPSA) is 116 Å². The lowest BCUT2D eigenvalue weighted by atomic mass is 9.99. The van der Waals surface area contributed by atoms with Gasteiger partial charge in [-0.05, 0) is 45.1 Å². The molecule has 0 saturated carbocycles. The molecular formula is C26H40N2O5S. The molecule has 8 heteroatoms. The van der Waals surface area contributed by atoms with Gasteiger partial charge in [0.2, 0.25) is 11.8 Å². The molecule has 7 nitrogen and oxygen atoms in total. The number of carbonyl (C=O) groups is 2. The summed E-state index contributed by atoms with van der Waals surface area (Å²) in [6.07, 6.45) is 4.05. The summed E-state index contributed by atoms with van der Waals surface area (Å²) < 4.78 is 12.3. The number of nitrogens with one attached hydrogen (secondary N) is 2. The number of benzene rings is 1. The summed E-state index contributed by atoms with van der Waals surface area (Å²) in [6, 6.07) is 8.42. The van der Waals surface area contributed by atoms with Crippen LogP contribution in [0, 0.1) is 24.2 Å². The zero-order valence-electron chi connectivity index (χ0n) is 20.9. The van der Waals surface area contributed by atoms with E-state index in [-0.39, 0.29) is 24.6 Å². The molecule has 0 bridgehead atoms. The number of amides is 2. The van der Waals surface area contributed by atoms with E-state index in [0.29, 0.717) is 12.8 Å². The molecule has 1 rings (SSSR count). The maximum Gasteiger partial charge on any atom is 0.243 e. The van der Waals surface area contributed by atoms with Crippen molar-refractivity contribution >= 4 is 22.6 Å². The molecule has 1 aromatic carbocycles. The van der Waals surface area contributed by atoms with E-state index in [1.807, 2.05) is 65.0 Å². The number of hydrogen-bond donors (Lipinski definition) is 4. The summed E-state index contributed by atoms with van der Waals surface area (Å²) in [6.45, 7) is 9.25. The van der Waals surface area contributed by atoms with Gasteiger partial charge in [-0.2, -0.15) is 0 Å². The number of rotatable bonds is 13. The van der Waals surface area contributed by atoms with E-state index in [9.17, 15) is 24.0 Å². The van der Waals surface area contributed by atoms with Crippen molar-refractivity contribution in [3.05, 3.63) is 35.9 Å². The van der Waals surface area contributed by atoms with Crippen LogP contribution in [0.25, 0.3) is 0 Å². The molecule has 0 saturated heterocycles. The molecule has 5 atom stereocenters. The van der Waals surface area contributed by atoms with Crippen LogP contribution in [0.1, 0.15) is 53.0 Å². The largest absolute Gasteiger partial charge is 0.390 e. The second-order valence-corrected chi connectivity index (χ2v) is 12.2. The van der Waals surface area contributed by atoms with Crippen molar-refractivity contribution in [1.29, 1.82) is 0 Å². The van der Waals surface area contributed by atoms with Crippen molar-refractivity contribution in [2.45, 2.75) is 76.9 Å². The highest BCUT2D eigenvalue weighted by Crippen LogP contribution is 2.18. The van der Waals surface area contributed by atoms with Crippen LogP contribution in [0.4, 0.5) is 0 Å². The van der Waals surface area contributed by atoms with Crippen molar-refractivity contribution < 1.29 is 24.0 Å². The zero-order chi connectivity index (χ0) is 25.9. The fourth-order valence-corrected chi connectivity index (χ4v) is 4.41. The van der Waals surface area contributed by atoms with Crippen molar-refractivity contribution in [2.24, 2.45) is 11.8 Å². The standard InChI is InChI=1S/C26H40N2O5S/c1-7-11-21(25(32)27-16-23(30)22(29)14-18(2)3)28-24(31)20(17-34(33)26(4,5)6)15-19-12-9-8-10-13-19/h1,8-10,12-13,18,20-23,29-30H,11,14-17H2,2-6H3,(H,27,32)(H,28,31)/t20?,21?,22-,23+,34?/m0/s1. The number of terminal acetylenes is 1. The van der Waals surface area contributed by atoms with Gasteiger partial charge >= 0.3 is 0 Å². The minimum atomic E-state index is -1.27. The van der Waals surface area contributed by atoms with Crippen LogP contribution in [0.2, 0.25) is 0 Å². The second-order valence-electron chi connectivity index (χ2n) is 9.99. The molecule has 2 amide bonds. The lowest BCUT2D eigenvalue weighted by Crippen LogP contribution is -2.51. The monoisotopic (exact) mass is 492 g/mol. The third kappa shape index (κ3) is 10.8. The van der Waals surface area contributed by atoms with Gasteiger partial charge in [-0.3, -0.25) is 13.8 Å². The van der Waals surface area contributed by atoms with Crippen molar-refractivity contribution in [2.75, 3.05) is 12.3 Å². The van der Waals surface area contributed by atoms with Gasteiger partial charge in [0.15, 0.2) is 0 Å². The normalized spacial score (nSPS) is 16.1. The van der Waals surface area contributed by atoms with Gasteiger partial charge in [0, 0.05) is 34.3 Å². The zero-order valence-corrected chi connectivity index (χ0v) is 21.7. The van der Waals surface area contributed by atoms with E-state index < -0.39 is 51.5 Å². The number of hydrogen-bond acceptors (Lipinski definition) is 5. The van der Waals surface area contributed by atoms with Crippen LogP contribution in [0.5, 0.6) is 0 Å². The van der Waals surface area contributed by atoms with Crippen LogP contribution < -0.4 is 10.6 Å². The van der Waals surface area contributed by atoms with E-state index in [2.05, 4.69) is 16.6 Å². The molecule has 0 aliphatic carbocycles. The van der Waals surface area contributed by atoms with E-state index in [1.165, 1.54) is 0 Å². The Morgan fingerprint density at radius 3 is 2.24 bits per heavy atom. The fraction of sp³-hybridized carbons (Fsp3) is 0.615. The third-order valence-corrected chi connectivity index (χ3v) is 7.40. The Balaban J connectivity index is 2.90. The van der Waals surface area contributed by atoms with E-state index in [0.717, 1.165) is 5.56 Å². The highest BCUT2D eigenvalue weighted by atomic mass is 32.2. The number of aliphatic hydroxyl groups is 2. The fourth-order valence-electron chi connectivity index (χ4n) is 3.28. The average molecular weight is 493 g/mol. The Morgan fingerprint density at radius 1 is 1.09 bits per heavy atom. The lowest BCUT2D eigenvalue weighted by Gasteiger charge is -2.25. The molecular weight excluding hydrogens is 452 g/mol. The van der Waals surface area contributed by atoms with E-state index in [1.54, 1.807) is 0 Å². The summed E-state index contributed by atoms with van der Waals surface area (Å²) in [5.41, 5.74) is 0.925. The lowest BCUT2D eigenvalue weighted by molar-refractivity contribution is -0.131. The van der Waals surface area contributed by atoms with Gasteiger partial charge in [0.05, 0.1) is 18.1 Å². The molecule has 34 heavy (non-hydrogen) atoms. The Morgan fingerprint density at radius 2 is 1.71 bits per heavy atom. The van der Waals surface area contributed by atoms with E-state index in [4.69, 9.17) is 6.42 Å². The SMILES string of the molecule is C#CCC(NC(=O)C(Cc1ccccc1)CS(=O)C(C)(C)C)C(=O)NC[C@@H](O)[C@@H](O)CC(C)C. The summed E-state index contributed by atoms with van der Waals surface area (Å²) in [4.78, 5) is 25.9. The Labute approximate surface area is 206 Å². The number of carbonyl (C=O) groups excluding carboxylic acids is 2. The van der Waals surface area contributed by atoms with Crippen LogP contribution in [0.3, 0.4) is 0 Å². The molecule has 0 fully saturated rings. The molecule has 0 aromatic heterocycles. The van der Waals surface area contributed by atoms with Gasteiger partial charge in [0.1, 0.15) is 6.04 Å². The first-order chi connectivity index (χ1) is 15.8. The highest BCUT2D eigenvalue weighted by Gasteiger charge is 2.30. The summed E-state index contributed by atoms with van der Waals surface area (Å²) in [5.74, 6) is 1.17. The highest BCUT2D eigenvalue weighted by molar-refractivity contribution is 7.86. The predicted molar refractivity (Wildman–Crippen MR) is 136 cm³/mol. The Hall–Kier alpha value is -2.21. The number of aliphatic hydroxyl groups excluding tert-OH is 2. The predicted octanol–water partition coefficient (Wildman–Crippen LogP) is 1.78. The van der Waals surface area contributed by atoms with Crippen LogP contribution in [-0.4, -0.2) is 61.5 Å². The minimum absolute atomic E-state index is 0.0391. The molecule has 0 spiro atoms. The van der Waals surface area contributed by atoms with Gasteiger partial charge in [-0.15, -0.1) is 12.3 Å². The maximum absolute atomic E-state index is 13.2. The third-order valence-electron chi connectivity index (χ3n) is 5.33. The Kier molecular flexibility index (Phi) is 12.5. The average Bonchev–Trinajstić information content (AvgIpc) is 2.75. The Bertz CT molecular complexity index is 845. The maximum atomic E-state index is 13.2. The smallest absolute Gasteiger partial charge is 0.243 e. The molecule has 0 radical (unpaired) electrons. The summed E-state index contributed by atoms with van der Waals surface area (Å²) in [7, 11) is -1.27. The van der Waals surface area contributed by atoms with Crippen molar-refractivity contribution in [1.82, 2.24) is 10.6 Å². The van der Waals surface area contributed by atoms with E-state index >= 15 is 0 Å². The molecule has 0 aliphatic heterocycles. The van der Waals surface area contributed by atoms with Gasteiger partial charge < -0.3 is 20.8 Å². The van der Waals surface area contributed by atoms with Gasteiger partial charge in [-0.25, -0.2) is 0 Å². The van der Waals surface area contributed by atoms with Gasteiger partial charge in [0.25, 0.3) is 0 Å².